The Hall–Kier alpha value is -3.38. The summed E-state index contributed by atoms with van der Waals surface area (Å²) in [5.74, 6) is 0.692. The van der Waals surface area contributed by atoms with E-state index in [0.717, 1.165) is 53.4 Å². The molecule has 0 aliphatic carbocycles. The van der Waals surface area contributed by atoms with Crippen LogP contribution in [0.25, 0.3) is 21.5 Å². The number of β-amino-alcohol motifs (C(OH)–C–C–N with tert-alkyl or cyclic N) is 1. The second-order valence-corrected chi connectivity index (χ2v) is 8.97. The van der Waals surface area contributed by atoms with Crippen LogP contribution in [-0.4, -0.2) is 60.6 Å². The molecule has 1 N–H and O–H groups in total. The van der Waals surface area contributed by atoms with E-state index in [0.29, 0.717) is 17.9 Å². The lowest BCUT2D eigenvalue weighted by atomic mass is 10.1. The van der Waals surface area contributed by atoms with E-state index in [9.17, 15) is 10.4 Å². The van der Waals surface area contributed by atoms with E-state index in [1.54, 1.807) is 11.3 Å². The van der Waals surface area contributed by atoms with Crippen molar-refractivity contribution >= 4 is 27.3 Å². The number of benzene rings is 2. The Bertz CT molecular complexity index is 1270. The molecule has 0 bridgehead atoms. The number of piperazine rings is 1. The van der Waals surface area contributed by atoms with Crippen LogP contribution in [0.3, 0.4) is 0 Å². The van der Waals surface area contributed by atoms with E-state index in [1.165, 1.54) is 0 Å². The van der Waals surface area contributed by atoms with Crippen molar-refractivity contribution in [3.05, 3.63) is 65.5 Å². The predicted octanol–water partition coefficient (Wildman–Crippen LogP) is 3.99. The molecule has 0 amide bonds. The van der Waals surface area contributed by atoms with Gasteiger partial charge in [-0.05, 0) is 35.7 Å². The SMILES string of the molecule is N#Cc1ccccc1N1CCN(C[C@@H](O)COc2cccc(-c3noc4ccsc34)c2)CC1. The fourth-order valence-electron chi connectivity index (χ4n) is 4.15. The Morgan fingerprint density at radius 1 is 1.12 bits per heavy atom. The van der Waals surface area contributed by atoms with E-state index < -0.39 is 6.10 Å². The number of nitrogens with zero attached hydrogens (tertiary/aromatic N) is 4. The van der Waals surface area contributed by atoms with Crippen LogP contribution in [0.15, 0.2) is 64.5 Å². The highest BCUT2D eigenvalue weighted by Gasteiger charge is 2.21. The number of hydrogen-bond acceptors (Lipinski definition) is 8. The van der Waals surface area contributed by atoms with Crippen molar-refractivity contribution in [3.8, 4) is 23.1 Å². The number of nitriles is 1. The minimum Gasteiger partial charge on any atom is -0.491 e. The fraction of sp³-hybridized carbons (Fsp3) is 0.280. The van der Waals surface area contributed by atoms with E-state index in [2.05, 4.69) is 21.0 Å². The summed E-state index contributed by atoms with van der Waals surface area (Å²) < 4.78 is 12.3. The number of rotatable bonds is 7. The molecule has 1 atom stereocenters. The molecular formula is C25H24N4O3S. The van der Waals surface area contributed by atoms with Gasteiger partial charge >= 0.3 is 0 Å². The van der Waals surface area contributed by atoms with Crippen LogP contribution in [-0.2, 0) is 0 Å². The third kappa shape index (κ3) is 4.71. The quantitative estimate of drug-likeness (QED) is 0.446. The number of fused-ring (bicyclic) bond motifs is 1. The van der Waals surface area contributed by atoms with Crippen molar-refractivity contribution in [2.24, 2.45) is 0 Å². The molecule has 33 heavy (non-hydrogen) atoms. The highest BCUT2D eigenvalue weighted by molar-refractivity contribution is 7.17. The van der Waals surface area contributed by atoms with Crippen LogP contribution in [0.4, 0.5) is 5.69 Å². The first kappa shape index (κ1) is 21.5. The highest BCUT2D eigenvalue weighted by Crippen LogP contribution is 2.33. The maximum Gasteiger partial charge on any atom is 0.178 e. The van der Waals surface area contributed by atoms with Gasteiger partial charge in [-0.1, -0.05) is 29.4 Å². The lowest BCUT2D eigenvalue weighted by Crippen LogP contribution is -2.49. The number of aliphatic hydroxyl groups excluding tert-OH is 1. The predicted molar refractivity (Wildman–Crippen MR) is 129 cm³/mol. The molecule has 0 spiro atoms. The van der Waals surface area contributed by atoms with Gasteiger partial charge in [-0.25, -0.2) is 0 Å². The standard InChI is InChI=1S/C25H24N4O3S/c26-15-19-4-1-2-7-22(19)29-11-9-28(10-12-29)16-20(30)17-31-21-6-3-5-18(14-21)24-25-23(32-27-24)8-13-33-25/h1-8,13-14,20,30H,9-12,16-17H2/t20-/m1/s1. The lowest BCUT2D eigenvalue weighted by Gasteiger charge is -2.37. The third-order valence-corrected chi connectivity index (χ3v) is 6.74. The zero-order chi connectivity index (χ0) is 22.6. The Balaban J connectivity index is 1.13. The van der Waals surface area contributed by atoms with Gasteiger partial charge < -0.3 is 19.3 Å². The molecular weight excluding hydrogens is 436 g/mol. The fourth-order valence-corrected chi connectivity index (χ4v) is 4.97. The number of hydrogen-bond donors (Lipinski definition) is 1. The average Bonchev–Trinajstić information content (AvgIpc) is 3.48. The van der Waals surface area contributed by atoms with Gasteiger partial charge in [0.15, 0.2) is 5.58 Å². The topological polar surface area (TPSA) is 85.8 Å². The molecule has 4 aromatic rings. The molecule has 0 saturated carbocycles. The Kier molecular flexibility index (Phi) is 6.26. The monoisotopic (exact) mass is 460 g/mol. The minimum absolute atomic E-state index is 0.216. The van der Waals surface area contributed by atoms with Crippen molar-refractivity contribution in [1.29, 1.82) is 5.26 Å². The summed E-state index contributed by atoms with van der Waals surface area (Å²) in [4.78, 5) is 4.47. The van der Waals surface area contributed by atoms with Gasteiger partial charge in [0.25, 0.3) is 0 Å². The molecule has 2 aromatic carbocycles. The zero-order valence-electron chi connectivity index (χ0n) is 18.1. The number of anilines is 1. The summed E-state index contributed by atoms with van der Waals surface area (Å²) in [6.07, 6.45) is -0.595. The Morgan fingerprint density at radius 3 is 2.82 bits per heavy atom. The smallest absolute Gasteiger partial charge is 0.178 e. The Morgan fingerprint density at radius 2 is 1.97 bits per heavy atom. The van der Waals surface area contributed by atoms with Crippen LogP contribution in [0.2, 0.25) is 0 Å². The maximum atomic E-state index is 10.5. The molecule has 5 rings (SSSR count). The van der Waals surface area contributed by atoms with E-state index >= 15 is 0 Å². The van der Waals surface area contributed by atoms with E-state index in [4.69, 9.17) is 9.26 Å². The molecule has 1 saturated heterocycles. The summed E-state index contributed by atoms with van der Waals surface area (Å²) >= 11 is 1.60. The second-order valence-electron chi connectivity index (χ2n) is 8.05. The number of ether oxygens (including phenoxy) is 1. The molecule has 3 heterocycles. The summed E-state index contributed by atoms with van der Waals surface area (Å²) in [5.41, 5.74) is 4.20. The van der Waals surface area contributed by atoms with Crippen LogP contribution >= 0.6 is 11.3 Å². The molecule has 2 aromatic heterocycles. The van der Waals surface area contributed by atoms with Gasteiger partial charge in [-0.15, -0.1) is 11.3 Å². The highest BCUT2D eigenvalue weighted by atomic mass is 32.1. The number of aromatic nitrogens is 1. The van der Waals surface area contributed by atoms with Gasteiger partial charge in [0.05, 0.1) is 11.3 Å². The molecule has 1 fully saturated rings. The van der Waals surface area contributed by atoms with Gasteiger partial charge in [0.2, 0.25) is 0 Å². The van der Waals surface area contributed by atoms with Crippen molar-refractivity contribution in [2.75, 3.05) is 44.2 Å². The van der Waals surface area contributed by atoms with Crippen molar-refractivity contribution in [1.82, 2.24) is 10.1 Å². The summed E-state index contributed by atoms with van der Waals surface area (Å²) in [6.45, 7) is 4.07. The molecule has 8 heteroatoms. The summed E-state index contributed by atoms with van der Waals surface area (Å²) in [6, 6.07) is 19.6. The van der Waals surface area contributed by atoms with Gasteiger partial charge in [0, 0.05) is 38.3 Å². The van der Waals surface area contributed by atoms with E-state index in [1.807, 2.05) is 60.0 Å². The second kappa shape index (κ2) is 9.63. The molecule has 1 aliphatic heterocycles. The minimum atomic E-state index is -0.595. The Labute approximate surface area is 196 Å². The van der Waals surface area contributed by atoms with Gasteiger partial charge in [-0.3, -0.25) is 4.90 Å². The first-order chi connectivity index (χ1) is 16.2. The molecule has 168 valence electrons. The average molecular weight is 461 g/mol. The molecule has 0 unspecified atom stereocenters. The first-order valence-corrected chi connectivity index (χ1v) is 11.8. The summed E-state index contributed by atoms with van der Waals surface area (Å²) in [7, 11) is 0. The third-order valence-electron chi connectivity index (χ3n) is 5.84. The first-order valence-electron chi connectivity index (χ1n) is 10.9. The van der Waals surface area contributed by atoms with Gasteiger partial charge in [0.1, 0.15) is 34.9 Å². The molecule has 0 radical (unpaired) electrons. The van der Waals surface area contributed by atoms with E-state index in [-0.39, 0.29) is 6.61 Å². The lowest BCUT2D eigenvalue weighted by molar-refractivity contribution is 0.0663. The molecule has 7 nitrogen and oxygen atoms in total. The van der Waals surface area contributed by atoms with Crippen molar-refractivity contribution in [2.45, 2.75) is 6.10 Å². The van der Waals surface area contributed by atoms with Crippen LogP contribution < -0.4 is 9.64 Å². The van der Waals surface area contributed by atoms with Gasteiger partial charge in [-0.2, -0.15) is 5.26 Å². The van der Waals surface area contributed by atoms with Crippen LogP contribution in [0.1, 0.15) is 5.56 Å². The van der Waals surface area contributed by atoms with Crippen LogP contribution in [0.5, 0.6) is 5.75 Å². The van der Waals surface area contributed by atoms with Crippen molar-refractivity contribution in [3.63, 3.8) is 0 Å². The van der Waals surface area contributed by atoms with Crippen LogP contribution in [0, 0.1) is 11.3 Å². The zero-order valence-corrected chi connectivity index (χ0v) is 18.9. The number of para-hydroxylation sites is 1. The van der Waals surface area contributed by atoms with Crippen molar-refractivity contribution < 1.29 is 14.4 Å². The summed E-state index contributed by atoms with van der Waals surface area (Å²) in [5, 5.41) is 26.0. The largest absolute Gasteiger partial charge is 0.491 e. The maximum absolute atomic E-state index is 10.5. The normalized spacial score (nSPS) is 15.5. The number of aliphatic hydroxyl groups is 1. The molecule has 1 aliphatic rings. The number of thiophene rings is 1.